The van der Waals surface area contributed by atoms with E-state index in [9.17, 15) is 0 Å². The van der Waals surface area contributed by atoms with Gasteiger partial charge in [0.25, 0.3) is 0 Å². The van der Waals surface area contributed by atoms with Crippen molar-refractivity contribution in [3.8, 4) is 0 Å². The van der Waals surface area contributed by atoms with Gasteiger partial charge in [-0.1, -0.05) is 26.0 Å². The highest BCUT2D eigenvalue weighted by molar-refractivity contribution is 5.14. The fourth-order valence-corrected chi connectivity index (χ4v) is 1.77. The van der Waals surface area contributed by atoms with E-state index in [2.05, 4.69) is 42.9 Å². The van der Waals surface area contributed by atoms with Gasteiger partial charge in [0, 0.05) is 24.4 Å². The first kappa shape index (κ1) is 12.9. The molecule has 1 rings (SSSR count). The van der Waals surface area contributed by atoms with Crippen LogP contribution >= 0.6 is 0 Å². The molecule has 0 saturated heterocycles. The maximum absolute atomic E-state index is 4.48. The van der Waals surface area contributed by atoms with Gasteiger partial charge in [-0.25, -0.2) is 0 Å². The highest BCUT2D eigenvalue weighted by atomic mass is 14.9. The van der Waals surface area contributed by atoms with Crippen molar-refractivity contribution in [3.63, 3.8) is 0 Å². The first-order chi connectivity index (χ1) is 7.80. The predicted molar refractivity (Wildman–Crippen MR) is 69.6 cm³/mol. The largest absolute Gasteiger partial charge is 0.314 e. The zero-order valence-electron chi connectivity index (χ0n) is 10.4. The van der Waals surface area contributed by atoms with Crippen LogP contribution in [0.5, 0.6) is 0 Å². The molecule has 0 radical (unpaired) electrons. The van der Waals surface area contributed by atoms with Gasteiger partial charge in [-0.15, -0.1) is 6.58 Å². The fourth-order valence-electron chi connectivity index (χ4n) is 1.77. The Kier molecular flexibility index (Phi) is 5.79. The van der Waals surface area contributed by atoms with Gasteiger partial charge in [0.1, 0.15) is 0 Å². The Bertz CT molecular complexity index is 303. The molecule has 0 amide bonds. The molecule has 2 nitrogen and oxygen atoms in total. The van der Waals surface area contributed by atoms with Crippen molar-refractivity contribution in [3.05, 3.63) is 42.2 Å². The molecule has 0 aliphatic carbocycles. The number of hydrogen-bond donors (Lipinski definition) is 1. The van der Waals surface area contributed by atoms with Crippen LogP contribution in [0, 0.1) is 0 Å². The van der Waals surface area contributed by atoms with Crippen molar-refractivity contribution in [1.82, 2.24) is 10.3 Å². The summed E-state index contributed by atoms with van der Waals surface area (Å²) in [5, 5.41) is 3.45. The van der Waals surface area contributed by atoms with E-state index >= 15 is 0 Å². The summed E-state index contributed by atoms with van der Waals surface area (Å²) in [4.78, 5) is 4.48. The lowest BCUT2D eigenvalue weighted by Gasteiger charge is -2.15. The molecule has 1 aromatic rings. The van der Waals surface area contributed by atoms with Gasteiger partial charge in [-0.3, -0.25) is 4.98 Å². The molecule has 1 N–H and O–H groups in total. The number of nitrogens with one attached hydrogen (secondary N) is 1. The van der Waals surface area contributed by atoms with E-state index in [1.807, 2.05) is 12.3 Å². The second-order valence-electron chi connectivity index (χ2n) is 3.99. The maximum Gasteiger partial charge on any atom is 0.0419 e. The molecule has 0 spiro atoms. The van der Waals surface area contributed by atoms with Crippen LogP contribution < -0.4 is 5.32 Å². The number of nitrogens with zero attached hydrogens (tertiary/aromatic N) is 1. The van der Waals surface area contributed by atoms with Crippen molar-refractivity contribution >= 4 is 0 Å². The first-order valence-corrected chi connectivity index (χ1v) is 6.08. The molecule has 0 aromatic carbocycles. The minimum Gasteiger partial charge on any atom is -0.314 e. The lowest BCUT2D eigenvalue weighted by molar-refractivity contribution is 0.524. The number of likely N-dealkylation sites (N-methyl/N-ethyl adjacent to an activating group) is 1. The lowest BCUT2D eigenvalue weighted by atomic mass is 10.1. The van der Waals surface area contributed by atoms with Crippen LogP contribution in [0.25, 0.3) is 0 Å². The van der Waals surface area contributed by atoms with E-state index in [0.717, 1.165) is 31.5 Å². The quantitative estimate of drug-likeness (QED) is 0.712. The van der Waals surface area contributed by atoms with Gasteiger partial charge in [0.15, 0.2) is 0 Å². The SMILES string of the molecule is C=CCC(Cc1ccc(CC)cn1)NCC. The van der Waals surface area contributed by atoms with Crippen LogP contribution in [0.15, 0.2) is 31.0 Å². The zero-order valence-corrected chi connectivity index (χ0v) is 10.4. The normalized spacial score (nSPS) is 12.4. The molecular formula is C14H22N2. The van der Waals surface area contributed by atoms with Gasteiger partial charge >= 0.3 is 0 Å². The molecule has 1 aromatic heterocycles. The molecule has 16 heavy (non-hydrogen) atoms. The highest BCUT2D eigenvalue weighted by Gasteiger charge is 2.06. The van der Waals surface area contributed by atoms with E-state index in [-0.39, 0.29) is 0 Å². The summed E-state index contributed by atoms with van der Waals surface area (Å²) in [6.07, 6.45) is 6.96. The Balaban J connectivity index is 2.58. The molecule has 1 heterocycles. The fraction of sp³-hybridized carbons (Fsp3) is 0.500. The van der Waals surface area contributed by atoms with Gasteiger partial charge < -0.3 is 5.32 Å². The molecule has 0 aliphatic heterocycles. The average molecular weight is 218 g/mol. The smallest absolute Gasteiger partial charge is 0.0419 e. The minimum absolute atomic E-state index is 0.461. The van der Waals surface area contributed by atoms with Crippen LogP contribution in [-0.4, -0.2) is 17.6 Å². The van der Waals surface area contributed by atoms with Gasteiger partial charge in [0.05, 0.1) is 0 Å². The van der Waals surface area contributed by atoms with Crippen molar-refractivity contribution in [2.45, 2.75) is 39.2 Å². The van der Waals surface area contributed by atoms with E-state index < -0.39 is 0 Å². The van der Waals surface area contributed by atoms with Gasteiger partial charge in [-0.05, 0) is 31.0 Å². The van der Waals surface area contributed by atoms with Crippen molar-refractivity contribution in [1.29, 1.82) is 0 Å². The standard InChI is InChI=1S/C14H22N2/c1-4-7-13(15-6-3)10-14-9-8-12(5-2)11-16-14/h4,8-9,11,13,15H,1,5-7,10H2,2-3H3. The molecular weight excluding hydrogens is 196 g/mol. The minimum atomic E-state index is 0.461. The van der Waals surface area contributed by atoms with Gasteiger partial charge in [-0.2, -0.15) is 0 Å². The van der Waals surface area contributed by atoms with E-state index in [0.29, 0.717) is 6.04 Å². The Morgan fingerprint density at radius 2 is 2.25 bits per heavy atom. The Morgan fingerprint density at radius 3 is 2.75 bits per heavy atom. The number of hydrogen-bond acceptors (Lipinski definition) is 2. The summed E-state index contributed by atoms with van der Waals surface area (Å²) >= 11 is 0. The zero-order chi connectivity index (χ0) is 11.8. The highest BCUT2D eigenvalue weighted by Crippen LogP contribution is 2.06. The Labute approximate surface area is 98.8 Å². The van der Waals surface area contributed by atoms with Crippen LogP contribution in [0.4, 0.5) is 0 Å². The van der Waals surface area contributed by atoms with Gasteiger partial charge in [0.2, 0.25) is 0 Å². The lowest BCUT2D eigenvalue weighted by Crippen LogP contribution is -2.30. The molecule has 0 aliphatic rings. The number of pyridine rings is 1. The molecule has 0 saturated carbocycles. The summed E-state index contributed by atoms with van der Waals surface area (Å²) < 4.78 is 0. The van der Waals surface area contributed by atoms with Crippen molar-refractivity contribution in [2.75, 3.05) is 6.54 Å². The summed E-state index contributed by atoms with van der Waals surface area (Å²) in [6, 6.07) is 4.76. The topological polar surface area (TPSA) is 24.9 Å². The molecule has 2 heteroatoms. The molecule has 0 fully saturated rings. The summed E-state index contributed by atoms with van der Waals surface area (Å²) in [5.74, 6) is 0. The molecule has 0 bridgehead atoms. The van der Waals surface area contributed by atoms with E-state index in [4.69, 9.17) is 0 Å². The third kappa shape index (κ3) is 4.15. The van der Waals surface area contributed by atoms with Crippen molar-refractivity contribution < 1.29 is 0 Å². The average Bonchev–Trinajstić information content (AvgIpc) is 2.31. The number of rotatable bonds is 7. The maximum atomic E-state index is 4.48. The van der Waals surface area contributed by atoms with Crippen molar-refractivity contribution in [2.24, 2.45) is 0 Å². The molecule has 1 unspecified atom stereocenters. The van der Waals surface area contributed by atoms with Crippen LogP contribution in [-0.2, 0) is 12.8 Å². The first-order valence-electron chi connectivity index (χ1n) is 6.08. The second-order valence-corrected chi connectivity index (χ2v) is 3.99. The molecule has 88 valence electrons. The summed E-state index contributed by atoms with van der Waals surface area (Å²) in [6.45, 7) is 9.06. The van der Waals surface area contributed by atoms with Crippen LogP contribution in [0.1, 0.15) is 31.5 Å². The van der Waals surface area contributed by atoms with E-state index in [1.54, 1.807) is 0 Å². The Morgan fingerprint density at radius 1 is 1.44 bits per heavy atom. The van der Waals surface area contributed by atoms with Crippen LogP contribution in [0.3, 0.4) is 0 Å². The third-order valence-electron chi connectivity index (χ3n) is 2.69. The summed E-state index contributed by atoms with van der Waals surface area (Å²) in [5.41, 5.74) is 2.46. The Hall–Kier alpha value is -1.15. The predicted octanol–water partition coefficient (Wildman–Crippen LogP) is 2.74. The monoisotopic (exact) mass is 218 g/mol. The van der Waals surface area contributed by atoms with Crippen LogP contribution in [0.2, 0.25) is 0 Å². The number of aromatic nitrogens is 1. The molecule has 1 atom stereocenters. The second kappa shape index (κ2) is 7.18. The number of aryl methyl sites for hydroxylation is 1. The third-order valence-corrected chi connectivity index (χ3v) is 2.69. The summed E-state index contributed by atoms with van der Waals surface area (Å²) in [7, 11) is 0. The van der Waals surface area contributed by atoms with E-state index in [1.165, 1.54) is 5.56 Å².